The molecule has 2 aliphatic carbocycles. The van der Waals surface area contributed by atoms with Gasteiger partial charge in [-0.25, -0.2) is 4.79 Å². The summed E-state index contributed by atoms with van der Waals surface area (Å²) >= 11 is 2.93. The summed E-state index contributed by atoms with van der Waals surface area (Å²) in [4.78, 5) is 69.1. The molecule has 0 radical (unpaired) electrons. The number of hydrogen-bond acceptors (Lipinski definition) is 8. The number of nitrogens with zero attached hydrogens (tertiary/aromatic N) is 1. The van der Waals surface area contributed by atoms with Crippen LogP contribution in [0.3, 0.4) is 0 Å². The molecule has 0 unspecified atom stereocenters. The van der Waals surface area contributed by atoms with Gasteiger partial charge in [0.25, 0.3) is 0 Å². The van der Waals surface area contributed by atoms with Crippen LogP contribution in [-0.4, -0.2) is 52.0 Å². The molecule has 6 rings (SSSR count). The largest absolute Gasteiger partial charge is 0.462 e. The van der Waals surface area contributed by atoms with Gasteiger partial charge >= 0.3 is 10.8 Å². The third-order valence-corrected chi connectivity index (χ3v) is 11.8. The number of hydrogen-bond donors (Lipinski definition) is 2. The number of likely N-dealkylation sites (tertiary alicyclic amines) is 1. The Balaban J connectivity index is 1.19. The van der Waals surface area contributed by atoms with E-state index in [0.29, 0.717) is 11.3 Å². The van der Waals surface area contributed by atoms with E-state index in [1.165, 1.54) is 11.3 Å². The predicted octanol–water partition coefficient (Wildman–Crippen LogP) is 3.26. The number of thioether (sulfide) groups is 1. The number of rotatable bonds is 6. The molecule has 11 heteroatoms. The number of fused-ring (bicyclic) bond motifs is 9. The molecule has 9 nitrogen and oxygen atoms in total. The first-order chi connectivity index (χ1) is 18.2. The molecule has 2 aromatic rings. The number of nitrogens with one attached hydrogen (secondary N) is 2. The fourth-order valence-corrected chi connectivity index (χ4v) is 10.6. The van der Waals surface area contributed by atoms with Crippen molar-refractivity contribution in [2.24, 2.45) is 29.6 Å². The first-order valence-corrected chi connectivity index (χ1v) is 14.7. The van der Waals surface area contributed by atoms with E-state index in [1.807, 2.05) is 0 Å². The minimum absolute atomic E-state index is 0.0439. The Morgan fingerprint density at radius 1 is 1.11 bits per heavy atom. The normalized spacial score (nSPS) is 32.7. The van der Waals surface area contributed by atoms with Gasteiger partial charge in [0.1, 0.15) is 6.54 Å². The lowest BCUT2D eigenvalue weighted by Gasteiger charge is -2.48. The lowest BCUT2D eigenvalue weighted by atomic mass is 9.62. The van der Waals surface area contributed by atoms with Crippen molar-refractivity contribution < 1.29 is 23.9 Å². The number of amides is 3. The van der Waals surface area contributed by atoms with Crippen molar-refractivity contribution in [1.82, 2.24) is 9.88 Å². The highest BCUT2D eigenvalue weighted by Crippen LogP contribution is 2.69. The van der Waals surface area contributed by atoms with E-state index in [2.05, 4.69) is 24.1 Å². The van der Waals surface area contributed by atoms with Crippen molar-refractivity contribution in [3.63, 3.8) is 0 Å². The van der Waals surface area contributed by atoms with E-state index in [9.17, 15) is 24.0 Å². The molecule has 3 heterocycles. The van der Waals surface area contributed by atoms with Gasteiger partial charge in [0.2, 0.25) is 17.7 Å². The number of carbonyl (C=O) groups excluding carboxylic acids is 4. The van der Waals surface area contributed by atoms with Gasteiger partial charge < -0.3 is 15.0 Å². The van der Waals surface area contributed by atoms with E-state index in [-0.39, 0.29) is 58.3 Å². The topological polar surface area (TPSA) is 126 Å². The summed E-state index contributed by atoms with van der Waals surface area (Å²) in [6.45, 7) is 5.98. The van der Waals surface area contributed by atoms with Crippen molar-refractivity contribution in [3.05, 3.63) is 44.4 Å². The van der Waals surface area contributed by atoms with Crippen molar-refractivity contribution in [3.8, 4) is 0 Å². The maximum Gasteiger partial charge on any atom is 0.338 e. The number of benzene rings is 1. The maximum atomic E-state index is 13.6. The Hall–Kier alpha value is -2.92. The van der Waals surface area contributed by atoms with Gasteiger partial charge in [0, 0.05) is 21.2 Å². The molecule has 1 saturated heterocycles. The van der Waals surface area contributed by atoms with Crippen molar-refractivity contribution >= 4 is 52.5 Å². The third kappa shape index (κ3) is 3.61. The molecule has 200 valence electrons. The van der Waals surface area contributed by atoms with Crippen LogP contribution in [0.2, 0.25) is 0 Å². The zero-order valence-electron chi connectivity index (χ0n) is 21.3. The lowest BCUT2D eigenvalue weighted by molar-refractivity contribution is -0.143. The van der Waals surface area contributed by atoms with Gasteiger partial charge in [-0.3, -0.25) is 24.1 Å². The highest BCUT2D eigenvalue weighted by molar-refractivity contribution is 8.00. The van der Waals surface area contributed by atoms with Gasteiger partial charge in [0.05, 0.1) is 29.0 Å². The molecule has 2 N–H and O–H groups in total. The summed E-state index contributed by atoms with van der Waals surface area (Å²) in [5, 5.41) is 3.80. The molecule has 38 heavy (non-hydrogen) atoms. The quantitative estimate of drug-likeness (QED) is 0.414. The minimum Gasteiger partial charge on any atom is -0.462 e. The van der Waals surface area contributed by atoms with E-state index >= 15 is 0 Å². The van der Waals surface area contributed by atoms with E-state index in [0.717, 1.165) is 27.6 Å². The molecule has 1 aromatic carbocycles. The van der Waals surface area contributed by atoms with E-state index in [1.54, 1.807) is 43.0 Å². The number of anilines is 1. The Bertz CT molecular complexity index is 1400. The first-order valence-electron chi connectivity index (χ1n) is 13.0. The monoisotopic (exact) mass is 555 g/mol. The number of aromatic nitrogens is 1. The van der Waals surface area contributed by atoms with Gasteiger partial charge in [-0.15, -0.1) is 11.8 Å². The fraction of sp³-hybridized carbons (Fsp3) is 0.519. The summed E-state index contributed by atoms with van der Waals surface area (Å²) < 4.78 is 4.97. The van der Waals surface area contributed by atoms with Gasteiger partial charge in [-0.2, -0.15) is 0 Å². The Morgan fingerprint density at radius 2 is 1.79 bits per heavy atom. The second-order valence-electron chi connectivity index (χ2n) is 10.8. The number of aromatic amines is 1. The summed E-state index contributed by atoms with van der Waals surface area (Å²) in [5.41, 5.74) is 0.599. The second-order valence-corrected chi connectivity index (χ2v) is 12.9. The highest BCUT2D eigenvalue weighted by atomic mass is 32.2. The van der Waals surface area contributed by atoms with E-state index in [4.69, 9.17) is 4.74 Å². The number of thiazole rings is 1. The van der Waals surface area contributed by atoms with Crippen LogP contribution in [-0.2, 0) is 24.5 Å². The van der Waals surface area contributed by atoms with Crippen LogP contribution in [0.5, 0.6) is 0 Å². The first kappa shape index (κ1) is 25.4. The Kier molecular flexibility index (Phi) is 6.06. The van der Waals surface area contributed by atoms with Gasteiger partial charge in [0.15, 0.2) is 0 Å². The number of H-pyrrole nitrogens is 1. The zero-order valence-corrected chi connectivity index (χ0v) is 22.9. The molecular formula is C27H29N3O6S2. The average Bonchev–Trinajstić information content (AvgIpc) is 3.62. The molecule has 3 fully saturated rings. The summed E-state index contributed by atoms with van der Waals surface area (Å²) in [7, 11) is 0. The van der Waals surface area contributed by atoms with Crippen LogP contribution < -0.4 is 10.2 Å². The van der Waals surface area contributed by atoms with E-state index < -0.39 is 23.7 Å². The number of ether oxygens (including phenoxy) is 1. The molecule has 0 spiro atoms. The summed E-state index contributed by atoms with van der Waals surface area (Å²) in [6.07, 6.45) is 1.68. The second kappa shape index (κ2) is 9.08. The molecule has 7 atom stereocenters. The lowest BCUT2D eigenvalue weighted by Crippen LogP contribution is -2.49. The molecule has 2 bridgehead atoms. The van der Waals surface area contributed by atoms with Gasteiger partial charge in [-0.05, 0) is 61.8 Å². The molecule has 2 saturated carbocycles. The smallest absolute Gasteiger partial charge is 0.338 e. The Morgan fingerprint density at radius 3 is 2.45 bits per heavy atom. The Labute approximate surface area is 227 Å². The molecule has 1 aromatic heterocycles. The molecule has 3 amide bonds. The van der Waals surface area contributed by atoms with Crippen LogP contribution in [0.25, 0.3) is 0 Å². The minimum atomic E-state index is -0.465. The van der Waals surface area contributed by atoms with Crippen LogP contribution in [0.15, 0.2) is 34.1 Å². The van der Waals surface area contributed by atoms with Crippen LogP contribution in [0.4, 0.5) is 5.69 Å². The third-order valence-electron chi connectivity index (χ3n) is 9.03. The van der Waals surface area contributed by atoms with Crippen LogP contribution in [0.1, 0.15) is 48.8 Å². The summed E-state index contributed by atoms with van der Waals surface area (Å²) in [5.74, 6) is -1.95. The van der Waals surface area contributed by atoms with Crippen molar-refractivity contribution in [2.45, 2.75) is 49.3 Å². The maximum absolute atomic E-state index is 13.6. The fourth-order valence-electron chi connectivity index (χ4n) is 7.36. The number of imide groups is 1. The molecule has 2 aliphatic heterocycles. The number of carbonyl (C=O) groups is 4. The predicted molar refractivity (Wildman–Crippen MR) is 142 cm³/mol. The number of esters is 1. The molecular weight excluding hydrogens is 526 g/mol. The molecule has 4 aliphatic rings. The average molecular weight is 556 g/mol. The zero-order chi connectivity index (χ0) is 26.9. The highest BCUT2D eigenvalue weighted by Gasteiger charge is 2.71. The standard InChI is InChI=1S/C27H29N3O6S2/c1-4-27(3)19-14-10-15(20(19)37-22-21(27)38-26(35)29-22)18-17(14)23(32)30(24(18)33)11-16(31)28-13-8-6-12(7-9-13)25(34)36-5-2/h6-9,14-15,17-20H,4-5,10-11H2,1-3H3,(H,28,31)(H,29,35)/t14-,15-,17-,18-,19+,20+,27+/m1/s1. The van der Waals surface area contributed by atoms with Crippen LogP contribution >= 0.6 is 23.1 Å². The van der Waals surface area contributed by atoms with Crippen LogP contribution in [0, 0.1) is 29.6 Å². The SMILES string of the molecule is CCOC(=O)c1ccc(NC(=O)CN2C(=O)[C@@H]3[C@H]4C[C@@H]([C@@H]5Sc6[nH]c(=O)sc6[C@@](C)(CC)[C@@H]45)[C@H]3C2=O)cc1. The van der Waals surface area contributed by atoms with Crippen molar-refractivity contribution in [1.29, 1.82) is 0 Å². The summed E-state index contributed by atoms with van der Waals surface area (Å²) in [6, 6.07) is 6.28. The van der Waals surface area contributed by atoms with Crippen molar-refractivity contribution in [2.75, 3.05) is 18.5 Å². The van der Waals surface area contributed by atoms with Gasteiger partial charge in [-0.1, -0.05) is 25.2 Å².